The summed E-state index contributed by atoms with van der Waals surface area (Å²) in [6.07, 6.45) is 12.5. The third-order valence-electron chi connectivity index (χ3n) is 10.1. The van der Waals surface area contributed by atoms with Crippen molar-refractivity contribution in [2.75, 3.05) is 44.7 Å². The van der Waals surface area contributed by atoms with Gasteiger partial charge >= 0.3 is 6.01 Å². The summed E-state index contributed by atoms with van der Waals surface area (Å²) < 4.78 is 51.8. The third-order valence-corrected chi connectivity index (χ3v) is 10.1. The molecule has 2 aromatic heterocycles. The number of fused-ring (bicyclic) bond motifs is 3. The van der Waals surface area contributed by atoms with E-state index in [2.05, 4.69) is 27.4 Å². The van der Waals surface area contributed by atoms with Crippen molar-refractivity contribution in [3.63, 3.8) is 0 Å². The Labute approximate surface area is 276 Å². The van der Waals surface area contributed by atoms with Crippen LogP contribution in [0.1, 0.15) is 44.1 Å². The van der Waals surface area contributed by atoms with Gasteiger partial charge in [-0.25, -0.2) is 13.2 Å². The van der Waals surface area contributed by atoms with Crippen LogP contribution in [0.5, 0.6) is 11.8 Å². The Kier molecular flexibility index (Phi) is 8.11. The fraction of sp³-hybridized carbons (Fsp3) is 0.389. The summed E-state index contributed by atoms with van der Waals surface area (Å²) in [5, 5.41) is 11.5. The van der Waals surface area contributed by atoms with E-state index in [4.69, 9.17) is 16.1 Å². The number of likely N-dealkylation sites (N-methyl/N-ethyl adjacent to an activating group) is 1. The largest absolute Gasteiger partial charge is 0.508 e. The molecule has 9 nitrogen and oxygen atoms in total. The number of anilines is 1. The van der Waals surface area contributed by atoms with Crippen molar-refractivity contribution >= 4 is 33.4 Å². The fourth-order valence-corrected chi connectivity index (χ4v) is 7.83. The molecule has 48 heavy (non-hydrogen) atoms. The summed E-state index contributed by atoms with van der Waals surface area (Å²) in [6, 6.07) is 5.01. The van der Waals surface area contributed by atoms with E-state index in [-0.39, 0.29) is 63.0 Å². The van der Waals surface area contributed by atoms with Gasteiger partial charge in [0.25, 0.3) is 5.91 Å². The lowest BCUT2D eigenvalue weighted by molar-refractivity contribution is -0.129. The summed E-state index contributed by atoms with van der Waals surface area (Å²) in [5.41, 5.74) is -0.382. The molecule has 248 valence electrons. The van der Waals surface area contributed by atoms with Crippen LogP contribution in [0.3, 0.4) is 0 Å². The van der Waals surface area contributed by atoms with E-state index in [9.17, 15) is 18.7 Å². The predicted molar refractivity (Wildman–Crippen MR) is 176 cm³/mol. The minimum Gasteiger partial charge on any atom is -0.508 e. The van der Waals surface area contributed by atoms with E-state index < -0.39 is 23.4 Å². The molecule has 3 aliphatic heterocycles. The summed E-state index contributed by atoms with van der Waals surface area (Å²) in [7, 11) is 1.75. The number of hydrogen-bond acceptors (Lipinski definition) is 8. The van der Waals surface area contributed by atoms with Crippen molar-refractivity contribution in [3.05, 3.63) is 60.1 Å². The number of aromatic nitrogens is 3. The molecule has 1 N–H and O–H groups in total. The number of amides is 1. The topological polar surface area (TPSA) is 94.9 Å². The Morgan fingerprint density at radius 2 is 1.96 bits per heavy atom. The zero-order chi connectivity index (χ0) is 33.7. The second-order valence-electron chi connectivity index (χ2n) is 13.0. The first kappa shape index (κ1) is 31.7. The lowest BCUT2D eigenvalue weighted by Crippen LogP contribution is -2.43. The van der Waals surface area contributed by atoms with E-state index in [0.717, 1.165) is 38.8 Å². The number of pyridine rings is 1. The molecule has 0 spiro atoms. The summed E-state index contributed by atoms with van der Waals surface area (Å²) in [5.74, 6) is -0.781. The second kappa shape index (κ2) is 12.3. The molecule has 7 rings (SSSR count). The van der Waals surface area contributed by atoms with Gasteiger partial charge in [-0.05, 0) is 75.2 Å². The summed E-state index contributed by atoms with van der Waals surface area (Å²) >= 11 is 0. The van der Waals surface area contributed by atoms with E-state index >= 15 is 4.39 Å². The van der Waals surface area contributed by atoms with Gasteiger partial charge < -0.3 is 19.6 Å². The number of aromatic hydroxyl groups is 1. The van der Waals surface area contributed by atoms with Crippen LogP contribution in [0.15, 0.2) is 42.9 Å². The molecule has 1 amide bonds. The average molecular weight is 657 g/mol. The quantitative estimate of drug-likeness (QED) is 0.190. The number of hydrogen-bond donors (Lipinski definition) is 1. The molecule has 3 fully saturated rings. The average Bonchev–Trinajstić information content (AvgIpc) is 3.80. The summed E-state index contributed by atoms with van der Waals surface area (Å²) in [4.78, 5) is 31.9. The molecule has 0 aliphatic carbocycles. The van der Waals surface area contributed by atoms with Crippen molar-refractivity contribution in [2.24, 2.45) is 0 Å². The predicted octanol–water partition coefficient (Wildman–Crippen LogP) is 5.73. The number of benzene rings is 2. The Bertz CT molecular complexity index is 2000. The number of ether oxygens (including phenoxy) is 1. The highest BCUT2D eigenvalue weighted by molar-refractivity contribution is 6.03. The minimum atomic E-state index is -1.02. The van der Waals surface area contributed by atoms with Crippen molar-refractivity contribution < 1.29 is 27.8 Å². The van der Waals surface area contributed by atoms with E-state index in [1.807, 2.05) is 0 Å². The van der Waals surface area contributed by atoms with E-state index in [0.29, 0.717) is 37.2 Å². The maximum absolute atomic E-state index is 16.8. The number of rotatable bonds is 8. The van der Waals surface area contributed by atoms with Gasteiger partial charge in [0.1, 0.15) is 35.2 Å². The van der Waals surface area contributed by atoms with Crippen LogP contribution < -0.4 is 9.64 Å². The Balaban J connectivity index is 1.34. The van der Waals surface area contributed by atoms with Crippen LogP contribution >= 0.6 is 0 Å². The first-order valence-electron chi connectivity index (χ1n) is 16.1. The van der Waals surface area contributed by atoms with Gasteiger partial charge in [0.15, 0.2) is 11.6 Å². The van der Waals surface area contributed by atoms with E-state index in [1.165, 1.54) is 35.4 Å². The zero-order valence-corrected chi connectivity index (χ0v) is 26.6. The highest BCUT2D eigenvalue weighted by Gasteiger charge is 2.45. The molecule has 5 heterocycles. The molecular weight excluding hydrogens is 621 g/mol. The molecule has 12 heteroatoms. The molecule has 0 saturated carbocycles. The smallest absolute Gasteiger partial charge is 0.319 e. The number of phenolic OH excluding ortho intramolecular Hbond substituents is 1. The van der Waals surface area contributed by atoms with Crippen molar-refractivity contribution in [3.8, 4) is 35.4 Å². The molecule has 3 aliphatic rings. The standard InChI is InChI=1S/C36H35F3N6O3/c1-4-25-28(38)10-9-22-16-24(46)17-26(29(22)25)31-30(39)32-27(18-40-31)33(43(3)19-23-8-5-15-45(23)34(47)21(2)37)42-35(41-32)48-20-36-11-6-13-44(36)14-7-12-36/h1,9-10,16-18,23,46H,2,5-8,11-15,19-20H2,3H3/t23-/m0/s1. The van der Waals surface area contributed by atoms with Crippen LogP contribution in [0.25, 0.3) is 32.9 Å². The van der Waals surface area contributed by atoms with Gasteiger partial charge in [0, 0.05) is 43.3 Å². The van der Waals surface area contributed by atoms with Gasteiger partial charge in [-0.15, -0.1) is 6.42 Å². The van der Waals surface area contributed by atoms with Crippen molar-refractivity contribution in [2.45, 2.75) is 50.1 Å². The van der Waals surface area contributed by atoms with Gasteiger partial charge in [-0.3, -0.25) is 14.7 Å². The monoisotopic (exact) mass is 656 g/mol. The molecule has 2 aromatic carbocycles. The fourth-order valence-electron chi connectivity index (χ4n) is 7.83. The van der Waals surface area contributed by atoms with Crippen molar-refractivity contribution in [1.29, 1.82) is 0 Å². The van der Waals surface area contributed by atoms with Crippen LogP contribution in [0.2, 0.25) is 0 Å². The maximum Gasteiger partial charge on any atom is 0.319 e. The lowest BCUT2D eigenvalue weighted by atomic mass is 9.95. The number of carbonyl (C=O) groups is 1. The normalized spacial score (nSPS) is 18.7. The Morgan fingerprint density at radius 1 is 1.19 bits per heavy atom. The number of phenols is 1. The number of halogens is 3. The Morgan fingerprint density at radius 3 is 2.69 bits per heavy atom. The summed E-state index contributed by atoms with van der Waals surface area (Å²) in [6.45, 7) is 6.18. The second-order valence-corrected chi connectivity index (χ2v) is 13.0. The minimum absolute atomic E-state index is 0.0267. The molecular formula is C36H35F3N6O3. The molecule has 0 bridgehead atoms. The van der Waals surface area contributed by atoms with E-state index in [1.54, 1.807) is 11.9 Å². The number of likely N-dealkylation sites (tertiary alicyclic amines) is 1. The highest BCUT2D eigenvalue weighted by Crippen LogP contribution is 2.41. The number of terminal acetylenes is 1. The maximum atomic E-state index is 16.8. The first-order chi connectivity index (χ1) is 23.1. The van der Waals surface area contributed by atoms with Crippen LogP contribution in [0.4, 0.5) is 19.0 Å². The van der Waals surface area contributed by atoms with Gasteiger partial charge in [-0.1, -0.05) is 18.6 Å². The zero-order valence-electron chi connectivity index (χ0n) is 26.6. The molecule has 1 atom stereocenters. The van der Waals surface area contributed by atoms with Gasteiger partial charge in [-0.2, -0.15) is 9.97 Å². The van der Waals surface area contributed by atoms with Crippen LogP contribution in [-0.2, 0) is 4.79 Å². The number of nitrogens with zero attached hydrogens (tertiary/aromatic N) is 6. The third kappa shape index (κ3) is 5.36. The van der Waals surface area contributed by atoms with Gasteiger partial charge in [0.05, 0.1) is 16.5 Å². The van der Waals surface area contributed by atoms with Gasteiger partial charge in [0.2, 0.25) is 0 Å². The Hall–Kier alpha value is -4.89. The first-order valence-corrected chi connectivity index (χ1v) is 16.1. The molecule has 0 radical (unpaired) electrons. The SMILES string of the molecule is C#Cc1c(F)ccc2cc(O)cc(-c3ncc4c(N(C)C[C@@H]5CCCN5C(=O)C(=C)F)nc(OCC56CCCN5CCC6)nc4c3F)c12. The molecule has 0 unspecified atom stereocenters. The van der Waals surface area contributed by atoms with Crippen molar-refractivity contribution in [1.82, 2.24) is 24.8 Å². The number of carbonyl (C=O) groups excluding carboxylic acids is 1. The van der Waals surface area contributed by atoms with Crippen LogP contribution in [0, 0.1) is 24.0 Å². The lowest BCUT2D eigenvalue weighted by Gasteiger charge is -2.32. The molecule has 4 aromatic rings. The molecule has 3 saturated heterocycles. The van der Waals surface area contributed by atoms with Crippen LogP contribution in [-0.4, -0.2) is 87.2 Å². The highest BCUT2D eigenvalue weighted by atomic mass is 19.1.